The number of rotatable bonds is 5. The first-order valence-corrected chi connectivity index (χ1v) is 6.70. The first-order valence-electron chi connectivity index (χ1n) is 6.70. The Kier molecular flexibility index (Phi) is 5.15. The molecule has 2 N–H and O–H groups in total. The van der Waals surface area contributed by atoms with E-state index in [-0.39, 0.29) is 17.7 Å². The summed E-state index contributed by atoms with van der Waals surface area (Å²) in [7, 11) is 0. The van der Waals surface area contributed by atoms with Gasteiger partial charge in [-0.15, -0.1) is 0 Å². The summed E-state index contributed by atoms with van der Waals surface area (Å²) in [5.74, 6) is -3.53. The van der Waals surface area contributed by atoms with E-state index in [1.54, 1.807) is 6.92 Å². The van der Waals surface area contributed by atoms with Crippen LogP contribution in [0.2, 0.25) is 0 Å². The van der Waals surface area contributed by atoms with Crippen LogP contribution in [0.1, 0.15) is 30.2 Å². The van der Waals surface area contributed by atoms with E-state index in [0.29, 0.717) is 6.07 Å². The van der Waals surface area contributed by atoms with E-state index in [1.807, 2.05) is 0 Å². The lowest BCUT2D eigenvalue weighted by molar-refractivity contribution is 0.166. The molecule has 0 aliphatic heterocycles. The van der Waals surface area contributed by atoms with Crippen LogP contribution in [0.5, 0.6) is 0 Å². The van der Waals surface area contributed by atoms with Gasteiger partial charge in [0, 0.05) is 29.8 Å². The van der Waals surface area contributed by atoms with Crippen molar-refractivity contribution in [1.82, 2.24) is 5.32 Å². The molecule has 2 aromatic rings. The third kappa shape index (κ3) is 3.64. The van der Waals surface area contributed by atoms with E-state index >= 15 is 0 Å². The Labute approximate surface area is 125 Å². The second-order valence-electron chi connectivity index (χ2n) is 4.95. The highest BCUT2D eigenvalue weighted by atomic mass is 19.2. The van der Waals surface area contributed by atoms with Crippen molar-refractivity contribution in [2.24, 2.45) is 0 Å². The first kappa shape index (κ1) is 16.5. The maximum atomic E-state index is 13.6. The zero-order chi connectivity index (χ0) is 16.3. The Morgan fingerprint density at radius 2 is 1.73 bits per heavy atom. The van der Waals surface area contributed by atoms with Crippen LogP contribution >= 0.6 is 0 Å². The molecule has 0 amide bonds. The fraction of sp³-hybridized carbons (Fsp3) is 0.250. The van der Waals surface area contributed by atoms with E-state index in [0.717, 1.165) is 18.2 Å². The van der Waals surface area contributed by atoms with Crippen LogP contribution in [0.15, 0.2) is 36.4 Å². The number of aliphatic hydroxyl groups is 1. The molecule has 0 heterocycles. The lowest BCUT2D eigenvalue weighted by Crippen LogP contribution is -2.26. The first-order chi connectivity index (χ1) is 10.4. The molecule has 118 valence electrons. The summed E-state index contributed by atoms with van der Waals surface area (Å²) in [6.45, 7) is 1.49. The molecule has 0 saturated heterocycles. The van der Waals surface area contributed by atoms with Crippen molar-refractivity contribution in [1.29, 1.82) is 0 Å². The van der Waals surface area contributed by atoms with Gasteiger partial charge in [0.15, 0.2) is 11.6 Å². The minimum absolute atomic E-state index is 0.0687. The molecule has 0 aliphatic rings. The summed E-state index contributed by atoms with van der Waals surface area (Å²) in [4.78, 5) is 0. The van der Waals surface area contributed by atoms with Crippen LogP contribution in [-0.4, -0.2) is 11.7 Å². The van der Waals surface area contributed by atoms with E-state index in [1.165, 1.54) is 12.1 Å². The molecule has 2 aromatic carbocycles. The normalized spacial score (nSPS) is 13.9. The van der Waals surface area contributed by atoms with Gasteiger partial charge in [0.1, 0.15) is 11.6 Å². The Morgan fingerprint density at radius 3 is 2.41 bits per heavy atom. The standard InChI is InChI=1S/C16H15F4NO/c1-9(11-3-2-4-13(18)16(11)20)21-8-15(22)12-6-5-10(17)7-14(12)19/h2-7,9,15,21-22H,8H2,1H3. The van der Waals surface area contributed by atoms with Gasteiger partial charge in [-0.05, 0) is 19.1 Å². The van der Waals surface area contributed by atoms with Gasteiger partial charge in [0.2, 0.25) is 0 Å². The molecule has 0 aliphatic carbocycles. The summed E-state index contributed by atoms with van der Waals surface area (Å²) in [6.07, 6.45) is -1.24. The predicted octanol–water partition coefficient (Wildman–Crippen LogP) is 3.63. The molecule has 0 bridgehead atoms. The van der Waals surface area contributed by atoms with Crippen molar-refractivity contribution in [3.63, 3.8) is 0 Å². The highest BCUT2D eigenvalue weighted by Gasteiger charge is 2.17. The van der Waals surface area contributed by atoms with E-state index in [2.05, 4.69) is 5.32 Å². The minimum Gasteiger partial charge on any atom is -0.387 e. The van der Waals surface area contributed by atoms with Gasteiger partial charge in [-0.25, -0.2) is 17.6 Å². The molecule has 2 unspecified atom stereocenters. The fourth-order valence-corrected chi connectivity index (χ4v) is 2.13. The smallest absolute Gasteiger partial charge is 0.163 e. The topological polar surface area (TPSA) is 32.3 Å². The molecular formula is C16H15F4NO. The lowest BCUT2D eigenvalue weighted by atomic mass is 10.1. The van der Waals surface area contributed by atoms with E-state index in [9.17, 15) is 22.7 Å². The van der Waals surface area contributed by atoms with Gasteiger partial charge in [-0.1, -0.05) is 18.2 Å². The van der Waals surface area contributed by atoms with Crippen LogP contribution in [-0.2, 0) is 0 Å². The number of hydrogen-bond acceptors (Lipinski definition) is 2. The maximum Gasteiger partial charge on any atom is 0.163 e. The number of benzene rings is 2. The molecule has 0 radical (unpaired) electrons. The predicted molar refractivity (Wildman–Crippen MR) is 74.1 cm³/mol. The second-order valence-corrected chi connectivity index (χ2v) is 4.95. The van der Waals surface area contributed by atoms with Crippen molar-refractivity contribution >= 4 is 0 Å². The van der Waals surface area contributed by atoms with Gasteiger partial charge in [-0.3, -0.25) is 0 Å². The summed E-state index contributed by atoms with van der Waals surface area (Å²) < 4.78 is 53.1. The van der Waals surface area contributed by atoms with E-state index in [4.69, 9.17) is 0 Å². The third-order valence-corrected chi connectivity index (χ3v) is 3.39. The molecule has 22 heavy (non-hydrogen) atoms. The highest BCUT2D eigenvalue weighted by Crippen LogP contribution is 2.21. The van der Waals surface area contributed by atoms with Crippen LogP contribution in [0.4, 0.5) is 17.6 Å². The highest BCUT2D eigenvalue weighted by molar-refractivity contribution is 5.23. The van der Waals surface area contributed by atoms with E-state index < -0.39 is 35.4 Å². The van der Waals surface area contributed by atoms with Crippen molar-refractivity contribution in [3.05, 3.63) is 70.8 Å². The molecule has 0 fully saturated rings. The summed E-state index contributed by atoms with van der Waals surface area (Å²) >= 11 is 0. The third-order valence-electron chi connectivity index (χ3n) is 3.39. The molecular weight excluding hydrogens is 298 g/mol. The Bertz CT molecular complexity index is 663. The largest absolute Gasteiger partial charge is 0.387 e. The van der Waals surface area contributed by atoms with Crippen LogP contribution in [0, 0.1) is 23.3 Å². The van der Waals surface area contributed by atoms with Gasteiger partial charge in [0.25, 0.3) is 0 Å². The monoisotopic (exact) mass is 313 g/mol. The van der Waals surface area contributed by atoms with Crippen LogP contribution < -0.4 is 5.32 Å². The minimum atomic E-state index is -1.24. The second kappa shape index (κ2) is 6.89. The summed E-state index contributed by atoms with van der Waals surface area (Å²) in [6, 6.07) is 6.07. The summed E-state index contributed by atoms with van der Waals surface area (Å²) in [5.41, 5.74) is 0.0348. The number of nitrogens with one attached hydrogen (secondary N) is 1. The molecule has 2 rings (SSSR count). The Hall–Kier alpha value is -1.92. The summed E-state index contributed by atoms with van der Waals surface area (Å²) in [5, 5.41) is 12.7. The van der Waals surface area contributed by atoms with Gasteiger partial charge in [0.05, 0.1) is 6.10 Å². The van der Waals surface area contributed by atoms with Crippen LogP contribution in [0.25, 0.3) is 0 Å². The number of hydrogen-bond donors (Lipinski definition) is 2. The molecule has 0 spiro atoms. The number of halogens is 4. The van der Waals surface area contributed by atoms with Gasteiger partial charge in [-0.2, -0.15) is 0 Å². The zero-order valence-electron chi connectivity index (χ0n) is 11.8. The van der Waals surface area contributed by atoms with Gasteiger partial charge >= 0.3 is 0 Å². The maximum absolute atomic E-state index is 13.6. The van der Waals surface area contributed by atoms with Crippen molar-refractivity contribution < 1.29 is 22.7 Å². The molecule has 0 saturated carbocycles. The molecule has 6 heteroatoms. The molecule has 0 aromatic heterocycles. The van der Waals surface area contributed by atoms with Crippen molar-refractivity contribution in [2.45, 2.75) is 19.1 Å². The average molecular weight is 313 g/mol. The molecule has 2 atom stereocenters. The average Bonchev–Trinajstić information content (AvgIpc) is 2.47. The SMILES string of the molecule is CC(NCC(O)c1ccc(F)cc1F)c1cccc(F)c1F. The fourth-order valence-electron chi connectivity index (χ4n) is 2.13. The van der Waals surface area contributed by atoms with Gasteiger partial charge < -0.3 is 10.4 Å². The van der Waals surface area contributed by atoms with Crippen molar-refractivity contribution in [2.75, 3.05) is 6.54 Å². The Morgan fingerprint density at radius 1 is 1.00 bits per heavy atom. The van der Waals surface area contributed by atoms with Crippen LogP contribution in [0.3, 0.4) is 0 Å². The lowest BCUT2D eigenvalue weighted by Gasteiger charge is -2.18. The van der Waals surface area contributed by atoms with Crippen molar-refractivity contribution in [3.8, 4) is 0 Å². The Balaban J connectivity index is 2.04. The zero-order valence-corrected chi connectivity index (χ0v) is 11.8. The quantitative estimate of drug-likeness (QED) is 0.826. The number of aliphatic hydroxyl groups excluding tert-OH is 1. The molecule has 2 nitrogen and oxygen atoms in total.